The highest BCUT2D eigenvalue weighted by Gasteiger charge is 2.16. The van der Waals surface area contributed by atoms with Gasteiger partial charge >= 0.3 is 5.69 Å². The first-order valence-corrected chi connectivity index (χ1v) is 6.52. The van der Waals surface area contributed by atoms with E-state index in [0.717, 1.165) is 10.8 Å². The summed E-state index contributed by atoms with van der Waals surface area (Å²) < 4.78 is 5.63. The second kappa shape index (κ2) is 5.54. The number of benzene rings is 3. The van der Waals surface area contributed by atoms with E-state index in [9.17, 15) is 10.1 Å². The molecule has 0 unspecified atom stereocenters. The first-order chi connectivity index (χ1) is 10.7. The maximum Gasteiger partial charge on any atom is 0.311 e. The molecular weight excluding hydrogens is 280 g/mol. The lowest BCUT2D eigenvalue weighted by Crippen LogP contribution is -1.94. The minimum atomic E-state index is -0.530. The Kier molecular flexibility index (Phi) is 3.42. The quantitative estimate of drug-likeness (QED) is 0.528. The van der Waals surface area contributed by atoms with Crippen LogP contribution in [0.3, 0.4) is 0 Å². The highest BCUT2D eigenvalue weighted by Crippen LogP contribution is 2.33. The largest absolute Gasteiger partial charge is 0.450 e. The van der Waals surface area contributed by atoms with Gasteiger partial charge in [-0.1, -0.05) is 30.3 Å². The number of nitriles is 1. The van der Waals surface area contributed by atoms with Crippen molar-refractivity contribution in [3.63, 3.8) is 0 Å². The normalized spacial score (nSPS) is 10.1. The molecule has 0 aliphatic rings. The third-order valence-corrected chi connectivity index (χ3v) is 3.23. The molecule has 0 aliphatic carbocycles. The molecule has 0 N–H and O–H groups in total. The highest BCUT2D eigenvalue weighted by molar-refractivity contribution is 5.83. The Bertz CT molecular complexity index is 913. The van der Waals surface area contributed by atoms with Crippen molar-refractivity contribution in [3.05, 3.63) is 76.3 Å². The topological polar surface area (TPSA) is 76.2 Å². The van der Waals surface area contributed by atoms with E-state index in [4.69, 9.17) is 10.00 Å². The molecule has 0 fully saturated rings. The highest BCUT2D eigenvalue weighted by atomic mass is 16.6. The Labute approximate surface area is 126 Å². The van der Waals surface area contributed by atoms with Crippen LogP contribution in [0.4, 0.5) is 5.69 Å². The van der Waals surface area contributed by atoms with E-state index in [2.05, 4.69) is 0 Å². The predicted octanol–water partition coefficient (Wildman–Crippen LogP) is 4.41. The minimum absolute atomic E-state index is 0.0549. The fourth-order valence-corrected chi connectivity index (χ4v) is 2.17. The Hall–Kier alpha value is -3.39. The standard InChI is InChI=1S/C17H10N2O3/c18-11-12-5-8-16(19(20)21)17(9-12)22-15-7-6-13-3-1-2-4-14(13)10-15/h1-10H. The zero-order valence-electron chi connectivity index (χ0n) is 11.4. The van der Waals surface area contributed by atoms with Gasteiger partial charge in [0.15, 0.2) is 0 Å². The van der Waals surface area contributed by atoms with E-state index in [0.29, 0.717) is 11.3 Å². The van der Waals surface area contributed by atoms with Gasteiger partial charge in [0.25, 0.3) is 0 Å². The Morgan fingerprint density at radius 3 is 2.50 bits per heavy atom. The maximum atomic E-state index is 11.1. The number of rotatable bonds is 3. The first kappa shape index (κ1) is 13.6. The summed E-state index contributed by atoms with van der Waals surface area (Å²) in [4.78, 5) is 10.5. The zero-order chi connectivity index (χ0) is 15.5. The molecule has 0 aliphatic heterocycles. The maximum absolute atomic E-state index is 11.1. The number of nitro benzene ring substituents is 1. The molecule has 0 amide bonds. The summed E-state index contributed by atoms with van der Waals surface area (Å²) in [6.45, 7) is 0. The van der Waals surface area contributed by atoms with Crippen LogP contribution in [-0.2, 0) is 0 Å². The van der Waals surface area contributed by atoms with Gasteiger partial charge < -0.3 is 4.74 Å². The number of hydrogen-bond donors (Lipinski definition) is 0. The summed E-state index contributed by atoms with van der Waals surface area (Å²) in [5.74, 6) is 0.538. The summed E-state index contributed by atoms with van der Waals surface area (Å²) in [6, 6.07) is 19.2. The summed E-state index contributed by atoms with van der Waals surface area (Å²) in [7, 11) is 0. The second-order valence-corrected chi connectivity index (χ2v) is 4.66. The lowest BCUT2D eigenvalue weighted by molar-refractivity contribution is -0.385. The van der Waals surface area contributed by atoms with Gasteiger partial charge in [-0.05, 0) is 29.0 Å². The van der Waals surface area contributed by atoms with Crippen molar-refractivity contribution in [2.45, 2.75) is 0 Å². The summed E-state index contributed by atoms with van der Waals surface area (Å²) in [5, 5.41) is 22.0. The molecule has 0 aromatic heterocycles. The average molecular weight is 290 g/mol. The van der Waals surface area contributed by atoms with Crippen molar-refractivity contribution in [1.29, 1.82) is 5.26 Å². The van der Waals surface area contributed by atoms with Crippen molar-refractivity contribution in [1.82, 2.24) is 0 Å². The van der Waals surface area contributed by atoms with Gasteiger partial charge in [0, 0.05) is 12.1 Å². The Morgan fingerprint density at radius 1 is 1.00 bits per heavy atom. The summed E-state index contributed by atoms with van der Waals surface area (Å²) >= 11 is 0. The molecule has 0 heterocycles. The van der Waals surface area contributed by atoms with Crippen molar-refractivity contribution in [3.8, 4) is 17.6 Å². The molecule has 0 saturated carbocycles. The van der Waals surface area contributed by atoms with Crippen molar-refractivity contribution in [2.24, 2.45) is 0 Å². The SMILES string of the molecule is N#Cc1ccc([N+](=O)[O-])c(Oc2ccc3ccccc3c2)c1. The summed E-state index contributed by atoms with van der Waals surface area (Å²) in [6.07, 6.45) is 0. The molecule has 0 saturated heterocycles. The monoisotopic (exact) mass is 290 g/mol. The van der Waals surface area contributed by atoms with E-state index in [-0.39, 0.29) is 11.4 Å². The van der Waals surface area contributed by atoms with Crippen LogP contribution >= 0.6 is 0 Å². The Morgan fingerprint density at radius 2 is 1.77 bits per heavy atom. The number of nitro groups is 1. The van der Waals surface area contributed by atoms with Crippen molar-refractivity contribution in [2.75, 3.05) is 0 Å². The van der Waals surface area contributed by atoms with Gasteiger partial charge in [0.1, 0.15) is 5.75 Å². The van der Waals surface area contributed by atoms with Crippen molar-refractivity contribution < 1.29 is 9.66 Å². The zero-order valence-corrected chi connectivity index (χ0v) is 11.4. The first-order valence-electron chi connectivity index (χ1n) is 6.52. The van der Waals surface area contributed by atoms with Crippen LogP contribution in [0.5, 0.6) is 11.5 Å². The number of nitrogens with zero attached hydrogens (tertiary/aromatic N) is 2. The fraction of sp³-hybridized carbons (Fsp3) is 0. The molecule has 0 spiro atoms. The molecule has 5 nitrogen and oxygen atoms in total. The number of hydrogen-bond acceptors (Lipinski definition) is 4. The molecular formula is C17H10N2O3. The Balaban J connectivity index is 2.03. The lowest BCUT2D eigenvalue weighted by atomic mass is 10.1. The van der Waals surface area contributed by atoms with Gasteiger partial charge in [-0.15, -0.1) is 0 Å². The molecule has 0 atom stereocenters. The van der Waals surface area contributed by atoms with Crippen LogP contribution in [0.15, 0.2) is 60.7 Å². The van der Waals surface area contributed by atoms with E-state index in [1.807, 2.05) is 36.4 Å². The molecule has 106 valence electrons. The van der Waals surface area contributed by atoms with Gasteiger partial charge in [-0.2, -0.15) is 5.26 Å². The van der Waals surface area contributed by atoms with Gasteiger partial charge in [0.05, 0.1) is 16.6 Å². The van der Waals surface area contributed by atoms with E-state index >= 15 is 0 Å². The van der Waals surface area contributed by atoms with Gasteiger partial charge in [-0.25, -0.2) is 0 Å². The third kappa shape index (κ3) is 2.58. The third-order valence-electron chi connectivity index (χ3n) is 3.23. The second-order valence-electron chi connectivity index (χ2n) is 4.66. The molecule has 0 bridgehead atoms. The number of ether oxygens (including phenoxy) is 1. The molecule has 22 heavy (non-hydrogen) atoms. The van der Waals surface area contributed by atoms with Crippen LogP contribution in [-0.4, -0.2) is 4.92 Å². The lowest BCUT2D eigenvalue weighted by Gasteiger charge is -2.07. The van der Waals surface area contributed by atoms with Crippen LogP contribution in [0, 0.1) is 21.4 Å². The molecule has 3 aromatic carbocycles. The molecule has 3 rings (SSSR count). The predicted molar refractivity (Wildman–Crippen MR) is 81.8 cm³/mol. The van der Waals surface area contributed by atoms with Gasteiger partial charge in [-0.3, -0.25) is 10.1 Å². The van der Waals surface area contributed by atoms with E-state index in [1.165, 1.54) is 18.2 Å². The van der Waals surface area contributed by atoms with Crippen LogP contribution < -0.4 is 4.74 Å². The van der Waals surface area contributed by atoms with Crippen LogP contribution in [0.25, 0.3) is 10.8 Å². The van der Waals surface area contributed by atoms with Crippen LogP contribution in [0.1, 0.15) is 5.56 Å². The minimum Gasteiger partial charge on any atom is -0.450 e. The average Bonchev–Trinajstić information content (AvgIpc) is 2.54. The smallest absolute Gasteiger partial charge is 0.311 e. The molecule has 3 aromatic rings. The molecule has 0 radical (unpaired) electrons. The van der Waals surface area contributed by atoms with Crippen molar-refractivity contribution >= 4 is 16.5 Å². The molecule has 5 heteroatoms. The summed E-state index contributed by atoms with van der Waals surface area (Å²) in [5.41, 5.74) is 0.133. The van der Waals surface area contributed by atoms with E-state index in [1.54, 1.807) is 12.1 Å². The fourth-order valence-electron chi connectivity index (χ4n) is 2.17. The number of fused-ring (bicyclic) bond motifs is 1. The van der Waals surface area contributed by atoms with Crippen LogP contribution in [0.2, 0.25) is 0 Å². The van der Waals surface area contributed by atoms with E-state index < -0.39 is 4.92 Å². The van der Waals surface area contributed by atoms with Gasteiger partial charge in [0.2, 0.25) is 5.75 Å².